The zero-order valence-corrected chi connectivity index (χ0v) is 8.92. The van der Waals surface area contributed by atoms with E-state index in [1.807, 2.05) is 0 Å². The van der Waals surface area contributed by atoms with Crippen LogP contribution in [0.4, 0.5) is 0 Å². The summed E-state index contributed by atoms with van der Waals surface area (Å²) in [6, 6.07) is 0. The van der Waals surface area contributed by atoms with Crippen molar-refractivity contribution in [1.82, 2.24) is 0 Å². The maximum Gasteiger partial charge on any atom is 0.325 e. The molecule has 1 fully saturated rings. The lowest BCUT2D eigenvalue weighted by Crippen LogP contribution is -2.35. The number of hydrogen-bond acceptors (Lipinski definition) is 5. The maximum atomic E-state index is 11.0. The largest absolute Gasteiger partial charge is 0.394 e. The second-order valence-corrected chi connectivity index (χ2v) is 5.24. The predicted molar refractivity (Wildman–Crippen MR) is 48.0 cm³/mol. The molecule has 0 amide bonds. The minimum absolute atomic E-state index is 0.355. The third-order valence-corrected chi connectivity index (χ3v) is 2.71. The monoisotopic (exact) mass is 226 g/mol. The van der Waals surface area contributed by atoms with Crippen molar-refractivity contribution in [3.8, 4) is 0 Å². The molecule has 5 atom stereocenters. The molecular formula is C7H15O6P. The van der Waals surface area contributed by atoms with Crippen LogP contribution in [0.2, 0.25) is 0 Å². The first-order valence-electron chi connectivity index (χ1n) is 4.28. The summed E-state index contributed by atoms with van der Waals surface area (Å²) in [4.78, 5) is 8.98. The van der Waals surface area contributed by atoms with Gasteiger partial charge in [-0.3, -0.25) is 9.09 Å². The predicted octanol–water partition coefficient (Wildman–Crippen LogP) is -0.673. The van der Waals surface area contributed by atoms with Gasteiger partial charge in [-0.05, 0) is 6.92 Å². The summed E-state index contributed by atoms with van der Waals surface area (Å²) in [5, 5.41) is 18.4. The van der Waals surface area contributed by atoms with Gasteiger partial charge < -0.3 is 19.8 Å². The maximum absolute atomic E-state index is 11.0. The molecule has 1 aliphatic heterocycles. The van der Waals surface area contributed by atoms with Crippen molar-refractivity contribution < 1.29 is 28.9 Å². The lowest BCUT2D eigenvalue weighted by Gasteiger charge is -2.20. The molecule has 0 aromatic rings. The molecule has 0 bridgehead atoms. The Labute approximate surface area is 82.0 Å². The highest BCUT2D eigenvalue weighted by molar-refractivity contribution is 7.51. The number of ether oxygens (including phenoxy) is 1. The number of hydrogen-bond donors (Lipinski definition) is 3. The number of aliphatic hydroxyl groups is 2. The Bertz CT molecular complexity index is 238. The summed E-state index contributed by atoms with van der Waals surface area (Å²) in [5.74, 6) is 0. The molecule has 3 N–H and O–H groups in total. The SMILES string of the molecule is C[C@@H]1O[C@H](CO)[C@H](OP(C)(=O)O)C1O. The molecule has 1 saturated heterocycles. The fourth-order valence-electron chi connectivity index (χ4n) is 1.42. The third kappa shape index (κ3) is 2.76. The Morgan fingerprint density at radius 2 is 2.14 bits per heavy atom. The van der Waals surface area contributed by atoms with Crippen LogP contribution in [-0.4, -0.2) is 52.8 Å². The standard InChI is InChI=1S/C7H15O6P/c1-4-6(9)7(5(3-8)12-4)13-14(2,10)11/h4-9H,3H2,1-2H3,(H,10,11)/t4-,5+,6?,7-/m0/s1. The van der Waals surface area contributed by atoms with Gasteiger partial charge in [-0.15, -0.1) is 0 Å². The van der Waals surface area contributed by atoms with E-state index in [2.05, 4.69) is 0 Å². The van der Waals surface area contributed by atoms with Gasteiger partial charge in [-0.1, -0.05) is 0 Å². The van der Waals surface area contributed by atoms with E-state index < -0.39 is 32.0 Å². The molecule has 0 aromatic carbocycles. The summed E-state index contributed by atoms with van der Waals surface area (Å²) >= 11 is 0. The van der Waals surface area contributed by atoms with Crippen LogP contribution in [0.1, 0.15) is 6.92 Å². The van der Waals surface area contributed by atoms with E-state index in [4.69, 9.17) is 19.3 Å². The van der Waals surface area contributed by atoms with E-state index in [0.29, 0.717) is 0 Å². The van der Waals surface area contributed by atoms with Crippen molar-refractivity contribution >= 4 is 7.60 Å². The molecule has 84 valence electrons. The van der Waals surface area contributed by atoms with Crippen molar-refractivity contribution in [1.29, 1.82) is 0 Å². The molecule has 14 heavy (non-hydrogen) atoms. The van der Waals surface area contributed by atoms with Crippen molar-refractivity contribution in [3.05, 3.63) is 0 Å². The van der Waals surface area contributed by atoms with E-state index >= 15 is 0 Å². The summed E-state index contributed by atoms with van der Waals surface area (Å²) in [7, 11) is -3.68. The van der Waals surface area contributed by atoms with Gasteiger partial charge in [-0.25, -0.2) is 0 Å². The van der Waals surface area contributed by atoms with Crippen molar-refractivity contribution in [2.45, 2.75) is 31.3 Å². The molecule has 0 saturated carbocycles. The average Bonchev–Trinajstić information content (AvgIpc) is 2.30. The zero-order chi connectivity index (χ0) is 10.9. The van der Waals surface area contributed by atoms with Gasteiger partial charge >= 0.3 is 7.60 Å². The highest BCUT2D eigenvalue weighted by atomic mass is 31.2. The van der Waals surface area contributed by atoms with Gasteiger partial charge in [0.1, 0.15) is 18.3 Å². The minimum Gasteiger partial charge on any atom is -0.394 e. The van der Waals surface area contributed by atoms with Crippen LogP contribution in [0.15, 0.2) is 0 Å². The molecule has 0 aromatic heterocycles. The molecule has 0 spiro atoms. The minimum atomic E-state index is -3.68. The van der Waals surface area contributed by atoms with Gasteiger partial charge in [0.25, 0.3) is 0 Å². The van der Waals surface area contributed by atoms with E-state index in [-0.39, 0.29) is 6.61 Å². The fraction of sp³-hybridized carbons (Fsp3) is 1.00. The van der Waals surface area contributed by atoms with Crippen LogP contribution in [0.25, 0.3) is 0 Å². The Kier molecular flexibility index (Phi) is 3.69. The lowest BCUT2D eigenvalue weighted by molar-refractivity contribution is -0.0126. The van der Waals surface area contributed by atoms with Crippen LogP contribution in [0.3, 0.4) is 0 Å². The normalized spacial score (nSPS) is 42.4. The fourth-order valence-corrected chi connectivity index (χ4v) is 2.14. The lowest BCUT2D eigenvalue weighted by atomic mass is 10.1. The van der Waals surface area contributed by atoms with Crippen LogP contribution in [0, 0.1) is 0 Å². The number of rotatable bonds is 3. The summed E-state index contributed by atoms with van der Waals surface area (Å²) in [6.45, 7) is 2.28. The third-order valence-electron chi connectivity index (χ3n) is 2.07. The second-order valence-electron chi connectivity index (χ2n) is 3.43. The van der Waals surface area contributed by atoms with Crippen molar-refractivity contribution in [2.24, 2.45) is 0 Å². The summed E-state index contributed by atoms with van der Waals surface area (Å²) in [5.41, 5.74) is 0. The Balaban J connectivity index is 2.69. The number of aliphatic hydroxyl groups excluding tert-OH is 2. The van der Waals surface area contributed by atoms with E-state index in [1.54, 1.807) is 6.92 Å². The first kappa shape index (κ1) is 12.1. The van der Waals surface area contributed by atoms with Gasteiger partial charge in [0.05, 0.1) is 12.7 Å². The second kappa shape index (κ2) is 4.26. The van der Waals surface area contributed by atoms with Gasteiger partial charge in [-0.2, -0.15) is 0 Å². The average molecular weight is 226 g/mol. The van der Waals surface area contributed by atoms with Crippen LogP contribution >= 0.6 is 7.60 Å². The Hall–Kier alpha value is 0.0300. The van der Waals surface area contributed by atoms with Gasteiger partial charge in [0.2, 0.25) is 0 Å². The Morgan fingerprint density at radius 3 is 2.57 bits per heavy atom. The van der Waals surface area contributed by atoms with Crippen molar-refractivity contribution in [3.63, 3.8) is 0 Å². The quantitative estimate of drug-likeness (QED) is 0.552. The van der Waals surface area contributed by atoms with Crippen LogP contribution in [0.5, 0.6) is 0 Å². The molecule has 2 unspecified atom stereocenters. The van der Waals surface area contributed by atoms with Gasteiger partial charge in [0.15, 0.2) is 0 Å². The zero-order valence-electron chi connectivity index (χ0n) is 8.03. The Morgan fingerprint density at radius 1 is 1.57 bits per heavy atom. The van der Waals surface area contributed by atoms with Gasteiger partial charge in [0, 0.05) is 6.66 Å². The summed E-state index contributed by atoms with van der Waals surface area (Å²) < 4.78 is 20.9. The van der Waals surface area contributed by atoms with Crippen LogP contribution in [-0.2, 0) is 13.8 Å². The first-order valence-corrected chi connectivity index (χ1v) is 6.30. The molecule has 1 rings (SSSR count). The highest BCUT2D eigenvalue weighted by Crippen LogP contribution is 2.42. The molecular weight excluding hydrogens is 211 g/mol. The molecule has 0 radical (unpaired) electrons. The molecule has 1 heterocycles. The highest BCUT2D eigenvalue weighted by Gasteiger charge is 2.44. The smallest absolute Gasteiger partial charge is 0.325 e. The molecule has 7 heteroatoms. The van der Waals surface area contributed by atoms with Crippen LogP contribution < -0.4 is 0 Å². The summed E-state index contributed by atoms with van der Waals surface area (Å²) in [6.07, 6.45) is -3.20. The van der Waals surface area contributed by atoms with E-state index in [1.165, 1.54) is 0 Å². The van der Waals surface area contributed by atoms with Crippen molar-refractivity contribution in [2.75, 3.05) is 13.3 Å². The van der Waals surface area contributed by atoms with E-state index in [0.717, 1.165) is 6.66 Å². The molecule has 6 nitrogen and oxygen atoms in total. The van der Waals surface area contributed by atoms with E-state index in [9.17, 15) is 9.67 Å². The molecule has 1 aliphatic rings. The first-order chi connectivity index (χ1) is 6.35. The molecule has 0 aliphatic carbocycles. The topological polar surface area (TPSA) is 96.2 Å².